The topological polar surface area (TPSA) is 49.9 Å². The Morgan fingerprint density at radius 3 is 2.03 bits per heavy atom. The smallest absolute Gasteiger partial charge is 0.278 e. The van der Waals surface area contributed by atoms with Crippen LogP contribution in [0.3, 0.4) is 0 Å². The summed E-state index contributed by atoms with van der Waals surface area (Å²) in [5.74, 6) is 0.598. The lowest BCUT2D eigenvalue weighted by atomic mass is 9.95. The monoisotopic (exact) mass is 410 g/mol. The van der Waals surface area contributed by atoms with Gasteiger partial charge in [0.1, 0.15) is 11.4 Å². The lowest BCUT2D eigenvalue weighted by molar-refractivity contribution is -0.140. The number of rotatable bonds is 5. The highest BCUT2D eigenvalue weighted by atomic mass is 16.5. The van der Waals surface area contributed by atoms with E-state index in [1.165, 1.54) is 19.3 Å². The molecule has 0 unspecified atom stereocenters. The number of amides is 2. The van der Waals surface area contributed by atoms with Gasteiger partial charge >= 0.3 is 0 Å². The van der Waals surface area contributed by atoms with E-state index >= 15 is 0 Å². The second-order valence-electron chi connectivity index (χ2n) is 9.09. The molecule has 0 atom stereocenters. The molecule has 5 nitrogen and oxygen atoms in total. The number of benzene rings is 1. The van der Waals surface area contributed by atoms with Crippen LogP contribution >= 0.6 is 0 Å². The molecule has 2 amide bonds. The largest absolute Gasteiger partial charge is 0.491 e. The van der Waals surface area contributed by atoms with E-state index in [9.17, 15) is 9.59 Å². The SMILES string of the molecule is CC(C)Oc1ccc(C2=C(N3CCCC3)C(=O)N(C3CCCCCCC3)C2=O)cc1. The Balaban J connectivity index is 1.67. The Bertz CT molecular complexity index is 798. The molecule has 0 spiro atoms. The molecule has 5 heteroatoms. The Labute approximate surface area is 180 Å². The van der Waals surface area contributed by atoms with Crippen LogP contribution in [0.15, 0.2) is 30.0 Å². The van der Waals surface area contributed by atoms with Crippen molar-refractivity contribution in [3.05, 3.63) is 35.5 Å². The van der Waals surface area contributed by atoms with Gasteiger partial charge in [-0.1, -0.05) is 44.2 Å². The van der Waals surface area contributed by atoms with Crippen LogP contribution in [-0.4, -0.2) is 46.8 Å². The van der Waals surface area contributed by atoms with Crippen molar-refractivity contribution in [1.82, 2.24) is 9.80 Å². The highest BCUT2D eigenvalue weighted by Crippen LogP contribution is 2.37. The van der Waals surface area contributed by atoms with Crippen molar-refractivity contribution < 1.29 is 14.3 Å². The van der Waals surface area contributed by atoms with Gasteiger partial charge in [0.15, 0.2) is 0 Å². The summed E-state index contributed by atoms with van der Waals surface area (Å²) in [5.41, 5.74) is 2.02. The first-order valence-corrected chi connectivity index (χ1v) is 11.7. The van der Waals surface area contributed by atoms with Crippen LogP contribution in [0.5, 0.6) is 5.75 Å². The van der Waals surface area contributed by atoms with Crippen LogP contribution in [0.2, 0.25) is 0 Å². The summed E-state index contributed by atoms with van der Waals surface area (Å²) in [6, 6.07) is 7.69. The van der Waals surface area contributed by atoms with E-state index in [2.05, 4.69) is 4.90 Å². The third-order valence-electron chi connectivity index (χ3n) is 6.47. The number of hydrogen-bond donors (Lipinski definition) is 0. The fraction of sp³-hybridized carbons (Fsp3) is 0.600. The summed E-state index contributed by atoms with van der Waals surface area (Å²) in [7, 11) is 0. The van der Waals surface area contributed by atoms with Crippen molar-refractivity contribution in [2.45, 2.75) is 83.8 Å². The maximum atomic E-state index is 13.6. The average molecular weight is 411 g/mol. The number of carbonyl (C=O) groups excluding carboxylic acids is 2. The second kappa shape index (κ2) is 9.23. The fourth-order valence-corrected chi connectivity index (χ4v) is 5.03. The lowest BCUT2D eigenvalue weighted by Gasteiger charge is -2.29. The average Bonchev–Trinajstić information content (AvgIpc) is 3.29. The number of likely N-dealkylation sites (tertiary alicyclic amines) is 1. The standard InChI is InChI=1S/C25H34N2O3/c1-18(2)30-21-14-12-19(13-15-21)22-23(26-16-8-9-17-26)25(29)27(24(22)28)20-10-6-4-3-5-7-11-20/h12-15,18,20H,3-11,16-17H2,1-2H3. The molecule has 1 saturated heterocycles. The summed E-state index contributed by atoms with van der Waals surface area (Å²) in [6.45, 7) is 5.69. The van der Waals surface area contributed by atoms with Gasteiger partial charge in [-0.2, -0.15) is 0 Å². The van der Waals surface area contributed by atoms with Crippen LogP contribution in [0.1, 0.15) is 77.2 Å². The van der Waals surface area contributed by atoms with E-state index < -0.39 is 0 Å². The summed E-state index contributed by atoms with van der Waals surface area (Å²) >= 11 is 0. The van der Waals surface area contributed by atoms with Gasteiger partial charge in [-0.15, -0.1) is 0 Å². The molecule has 2 aliphatic heterocycles. The zero-order valence-corrected chi connectivity index (χ0v) is 18.4. The van der Waals surface area contributed by atoms with Gasteiger partial charge in [0, 0.05) is 19.1 Å². The summed E-state index contributed by atoms with van der Waals surface area (Å²) in [6.07, 6.45) is 9.95. The minimum atomic E-state index is -0.106. The molecule has 2 fully saturated rings. The number of hydrogen-bond acceptors (Lipinski definition) is 4. The Morgan fingerprint density at radius 1 is 0.833 bits per heavy atom. The third-order valence-corrected chi connectivity index (χ3v) is 6.47. The molecular formula is C25H34N2O3. The molecule has 2 heterocycles. The van der Waals surface area contributed by atoms with Gasteiger partial charge in [0.05, 0.1) is 11.7 Å². The quantitative estimate of drug-likeness (QED) is 0.657. The van der Waals surface area contributed by atoms with E-state index in [1.807, 2.05) is 38.1 Å². The molecule has 0 N–H and O–H groups in total. The first-order valence-electron chi connectivity index (χ1n) is 11.7. The van der Waals surface area contributed by atoms with Crippen LogP contribution in [0, 0.1) is 0 Å². The van der Waals surface area contributed by atoms with Crippen molar-refractivity contribution in [1.29, 1.82) is 0 Å². The van der Waals surface area contributed by atoms with Crippen LogP contribution in [0.25, 0.3) is 5.57 Å². The van der Waals surface area contributed by atoms with Gasteiger partial charge in [-0.25, -0.2) is 0 Å². The highest BCUT2D eigenvalue weighted by Gasteiger charge is 2.44. The van der Waals surface area contributed by atoms with Crippen LogP contribution in [-0.2, 0) is 9.59 Å². The third kappa shape index (κ3) is 4.26. The van der Waals surface area contributed by atoms with E-state index in [0.29, 0.717) is 11.3 Å². The van der Waals surface area contributed by atoms with Crippen molar-refractivity contribution in [3.8, 4) is 5.75 Å². The molecule has 0 radical (unpaired) electrons. The van der Waals surface area contributed by atoms with Gasteiger partial charge < -0.3 is 9.64 Å². The van der Waals surface area contributed by atoms with Gasteiger partial charge in [-0.3, -0.25) is 14.5 Å². The molecule has 0 aromatic heterocycles. The van der Waals surface area contributed by atoms with Crippen molar-refractivity contribution in [2.75, 3.05) is 13.1 Å². The van der Waals surface area contributed by atoms with E-state index in [-0.39, 0.29) is 24.0 Å². The van der Waals surface area contributed by atoms with Crippen molar-refractivity contribution in [3.63, 3.8) is 0 Å². The van der Waals surface area contributed by atoms with E-state index in [4.69, 9.17) is 4.74 Å². The molecule has 0 bridgehead atoms. The number of nitrogens with zero attached hydrogens (tertiary/aromatic N) is 2. The molecule has 30 heavy (non-hydrogen) atoms. The molecule has 1 aromatic carbocycles. The van der Waals surface area contributed by atoms with E-state index in [0.717, 1.165) is 62.9 Å². The van der Waals surface area contributed by atoms with Crippen LogP contribution in [0.4, 0.5) is 0 Å². The number of carbonyl (C=O) groups is 2. The summed E-state index contributed by atoms with van der Waals surface area (Å²) in [4.78, 5) is 31.0. The maximum Gasteiger partial charge on any atom is 0.278 e. The summed E-state index contributed by atoms with van der Waals surface area (Å²) < 4.78 is 5.76. The minimum Gasteiger partial charge on any atom is -0.491 e. The Hall–Kier alpha value is -2.30. The van der Waals surface area contributed by atoms with Crippen LogP contribution < -0.4 is 4.74 Å². The number of ether oxygens (including phenoxy) is 1. The zero-order valence-electron chi connectivity index (χ0n) is 18.4. The summed E-state index contributed by atoms with van der Waals surface area (Å²) in [5, 5.41) is 0. The molecule has 1 aliphatic carbocycles. The molecule has 162 valence electrons. The van der Waals surface area contributed by atoms with Crippen molar-refractivity contribution in [2.24, 2.45) is 0 Å². The normalized spacial score (nSPS) is 21.6. The Morgan fingerprint density at radius 2 is 1.43 bits per heavy atom. The maximum absolute atomic E-state index is 13.6. The molecule has 4 rings (SSSR count). The predicted octanol–water partition coefficient (Wildman–Crippen LogP) is 4.76. The van der Waals surface area contributed by atoms with Gasteiger partial charge in [0.2, 0.25) is 0 Å². The first kappa shape index (κ1) is 21.0. The molecule has 1 aromatic rings. The lowest BCUT2D eigenvalue weighted by Crippen LogP contribution is -2.42. The molecule has 3 aliphatic rings. The molecule has 1 saturated carbocycles. The minimum absolute atomic E-state index is 0.0314. The van der Waals surface area contributed by atoms with Gasteiger partial charge in [-0.05, 0) is 57.2 Å². The first-order chi connectivity index (χ1) is 14.6. The highest BCUT2D eigenvalue weighted by molar-refractivity contribution is 6.35. The predicted molar refractivity (Wildman–Crippen MR) is 118 cm³/mol. The van der Waals surface area contributed by atoms with E-state index in [1.54, 1.807) is 4.90 Å². The second-order valence-corrected chi connectivity index (χ2v) is 9.09. The fourth-order valence-electron chi connectivity index (χ4n) is 5.03. The zero-order chi connectivity index (χ0) is 21.1. The van der Waals surface area contributed by atoms with Gasteiger partial charge in [0.25, 0.3) is 11.8 Å². The van der Waals surface area contributed by atoms with Crippen molar-refractivity contribution >= 4 is 17.4 Å². The number of imide groups is 1. The Kier molecular flexibility index (Phi) is 6.45. The molecular weight excluding hydrogens is 376 g/mol.